The van der Waals surface area contributed by atoms with Crippen LogP contribution in [0.1, 0.15) is 37.4 Å². The van der Waals surface area contributed by atoms with Crippen LogP contribution in [0.3, 0.4) is 0 Å². The molecule has 0 bridgehead atoms. The van der Waals surface area contributed by atoms with Gasteiger partial charge >= 0.3 is 0 Å². The fraction of sp³-hybridized carbons (Fsp3) is 0.750. The number of aromatic nitrogens is 2. The molecule has 1 unspecified atom stereocenters. The van der Waals surface area contributed by atoms with Crippen LogP contribution in [-0.4, -0.2) is 22.4 Å². The zero-order valence-corrected chi connectivity index (χ0v) is 11.9. The van der Waals surface area contributed by atoms with E-state index in [0.717, 1.165) is 11.0 Å². The van der Waals surface area contributed by atoms with E-state index in [4.69, 9.17) is 0 Å². The summed E-state index contributed by atoms with van der Waals surface area (Å²) in [6, 6.07) is 0.701. The highest BCUT2D eigenvalue weighted by Gasteiger charge is 2.28. The van der Waals surface area contributed by atoms with Crippen LogP contribution in [0.2, 0.25) is 0 Å². The van der Waals surface area contributed by atoms with Crippen LogP contribution >= 0.6 is 15.9 Å². The minimum atomic E-state index is 0.701. The van der Waals surface area contributed by atoms with Gasteiger partial charge in [0.05, 0.1) is 5.69 Å². The summed E-state index contributed by atoms with van der Waals surface area (Å²) in [6.07, 6.45) is 3.86. The molecule has 0 aromatic carbocycles. The molecule has 0 amide bonds. The molecule has 1 aromatic rings. The lowest BCUT2D eigenvalue weighted by atomic mass is 10.1. The molecule has 0 aliphatic carbocycles. The predicted molar refractivity (Wildman–Crippen MR) is 71.2 cm³/mol. The van der Waals surface area contributed by atoms with Gasteiger partial charge in [-0.3, -0.25) is 4.68 Å². The standard InChI is InChI=1S/C12H20BrN3/c1-4-10-6-5-7-16(10)12-11(8-13)9(2)14-15(12)3/h10H,4-8H2,1-3H3. The fourth-order valence-electron chi connectivity index (χ4n) is 2.74. The molecule has 4 heteroatoms. The van der Waals surface area contributed by atoms with E-state index in [0.29, 0.717) is 6.04 Å². The number of rotatable bonds is 3. The highest BCUT2D eigenvalue weighted by molar-refractivity contribution is 9.08. The molecule has 90 valence electrons. The van der Waals surface area contributed by atoms with Gasteiger partial charge in [-0.05, 0) is 26.2 Å². The average molecular weight is 286 g/mol. The Morgan fingerprint density at radius 1 is 1.50 bits per heavy atom. The van der Waals surface area contributed by atoms with E-state index in [1.54, 1.807) is 0 Å². The van der Waals surface area contributed by atoms with Crippen molar-refractivity contribution in [2.24, 2.45) is 7.05 Å². The highest BCUT2D eigenvalue weighted by Crippen LogP contribution is 2.32. The lowest BCUT2D eigenvalue weighted by molar-refractivity contribution is 0.619. The third-order valence-electron chi connectivity index (χ3n) is 3.57. The van der Waals surface area contributed by atoms with Gasteiger partial charge in [0.2, 0.25) is 0 Å². The number of alkyl halides is 1. The molecule has 0 spiro atoms. The third-order valence-corrected chi connectivity index (χ3v) is 4.13. The van der Waals surface area contributed by atoms with Crippen molar-refractivity contribution in [1.82, 2.24) is 9.78 Å². The van der Waals surface area contributed by atoms with Crippen molar-refractivity contribution >= 4 is 21.7 Å². The molecular weight excluding hydrogens is 266 g/mol. The van der Waals surface area contributed by atoms with Crippen LogP contribution in [-0.2, 0) is 12.4 Å². The summed E-state index contributed by atoms with van der Waals surface area (Å²) >= 11 is 3.58. The minimum Gasteiger partial charge on any atom is -0.354 e. The fourth-order valence-corrected chi connectivity index (χ4v) is 3.40. The topological polar surface area (TPSA) is 21.1 Å². The Bertz CT molecular complexity index is 373. The molecule has 0 radical (unpaired) electrons. The van der Waals surface area contributed by atoms with E-state index >= 15 is 0 Å². The zero-order valence-electron chi connectivity index (χ0n) is 10.3. The number of nitrogens with zero attached hydrogens (tertiary/aromatic N) is 3. The van der Waals surface area contributed by atoms with Gasteiger partial charge in [0.1, 0.15) is 5.82 Å². The summed E-state index contributed by atoms with van der Waals surface area (Å²) in [7, 11) is 2.06. The van der Waals surface area contributed by atoms with E-state index in [2.05, 4.69) is 46.8 Å². The molecule has 3 nitrogen and oxygen atoms in total. The monoisotopic (exact) mass is 285 g/mol. The molecule has 2 rings (SSSR count). The zero-order chi connectivity index (χ0) is 11.7. The predicted octanol–water partition coefficient (Wildman–Crippen LogP) is 3.00. The van der Waals surface area contributed by atoms with Crippen molar-refractivity contribution in [2.45, 2.75) is 44.5 Å². The molecule has 16 heavy (non-hydrogen) atoms. The Morgan fingerprint density at radius 2 is 2.25 bits per heavy atom. The molecule has 1 atom stereocenters. The van der Waals surface area contributed by atoms with Crippen molar-refractivity contribution in [3.63, 3.8) is 0 Å². The summed E-state index contributed by atoms with van der Waals surface area (Å²) in [5.41, 5.74) is 2.50. The maximum Gasteiger partial charge on any atom is 0.131 e. The normalized spacial score (nSPS) is 20.8. The van der Waals surface area contributed by atoms with Crippen LogP contribution in [0, 0.1) is 6.92 Å². The maximum atomic E-state index is 4.54. The van der Waals surface area contributed by atoms with Gasteiger partial charge < -0.3 is 4.90 Å². The van der Waals surface area contributed by atoms with Crippen LogP contribution in [0.25, 0.3) is 0 Å². The van der Waals surface area contributed by atoms with Gasteiger partial charge in [-0.1, -0.05) is 22.9 Å². The quantitative estimate of drug-likeness (QED) is 0.796. The molecule has 0 saturated carbocycles. The summed E-state index contributed by atoms with van der Waals surface area (Å²) in [5, 5.41) is 5.44. The first-order valence-corrected chi connectivity index (χ1v) is 7.16. The Morgan fingerprint density at radius 3 is 2.88 bits per heavy atom. The lowest BCUT2D eigenvalue weighted by Crippen LogP contribution is -2.31. The van der Waals surface area contributed by atoms with E-state index in [1.807, 2.05) is 4.68 Å². The van der Waals surface area contributed by atoms with Crippen molar-refractivity contribution < 1.29 is 0 Å². The van der Waals surface area contributed by atoms with Gasteiger partial charge in [0.25, 0.3) is 0 Å². The summed E-state index contributed by atoms with van der Waals surface area (Å²) < 4.78 is 2.04. The molecule has 1 saturated heterocycles. The van der Waals surface area contributed by atoms with Gasteiger partial charge in [-0.25, -0.2) is 0 Å². The summed E-state index contributed by atoms with van der Waals surface area (Å²) in [4.78, 5) is 2.54. The first-order valence-electron chi connectivity index (χ1n) is 6.04. The minimum absolute atomic E-state index is 0.701. The second-order valence-electron chi connectivity index (χ2n) is 4.54. The van der Waals surface area contributed by atoms with Crippen molar-refractivity contribution in [1.29, 1.82) is 0 Å². The SMILES string of the molecule is CCC1CCCN1c1c(CBr)c(C)nn1C. The van der Waals surface area contributed by atoms with Gasteiger partial charge in [0.15, 0.2) is 0 Å². The highest BCUT2D eigenvalue weighted by atomic mass is 79.9. The molecule has 1 fully saturated rings. The van der Waals surface area contributed by atoms with Gasteiger partial charge in [0, 0.05) is 30.5 Å². The van der Waals surface area contributed by atoms with E-state index in [-0.39, 0.29) is 0 Å². The number of aryl methyl sites for hydroxylation is 2. The Labute approximate surface area is 106 Å². The van der Waals surface area contributed by atoms with E-state index in [1.165, 1.54) is 37.2 Å². The number of hydrogen-bond acceptors (Lipinski definition) is 2. The third kappa shape index (κ3) is 1.88. The van der Waals surface area contributed by atoms with Crippen molar-refractivity contribution in [3.05, 3.63) is 11.3 Å². The van der Waals surface area contributed by atoms with E-state index in [9.17, 15) is 0 Å². The summed E-state index contributed by atoms with van der Waals surface area (Å²) in [6.45, 7) is 5.55. The molecular formula is C12H20BrN3. The van der Waals surface area contributed by atoms with Crippen LogP contribution in [0.5, 0.6) is 0 Å². The average Bonchev–Trinajstić information content (AvgIpc) is 2.81. The van der Waals surface area contributed by atoms with Gasteiger partial charge in [-0.2, -0.15) is 5.10 Å². The lowest BCUT2D eigenvalue weighted by Gasteiger charge is -2.26. The van der Waals surface area contributed by atoms with Crippen LogP contribution < -0.4 is 4.90 Å². The molecule has 1 aliphatic heterocycles. The van der Waals surface area contributed by atoms with Crippen molar-refractivity contribution in [3.8, 4) is 0 Å². The Hall–Kier alpha value is -0.510. The molecule has 1 aromatic heterocycles. The Balaban J connectivity index is 2.38. The number of anilines is 1. The smallest absolute Gasteiger partial charge is 0.131 e. The first kappa shape index (κ1) is 12.0. The summed E-state index contributed by atoms with van der Waals surface area (Å²) in [5.74, 6) is 1.32. The Kier molecular flexibility index (Phi) is 3.57. The van der Waals surface area contributed by atoms with Crippen LogP contribution in [0.15, 0.2) is 0 Å². The second-order valence-corrected chi connectivity index (χ2v) is 5.10. The first-order chi connectivity index (χ1) is 7.69. The molecule has 1 aliphatic rings. The van der Waals surface area contributed by atoms with Crippen molar-refractivity contribution in [2.75, 3.05) is 11.4 Å². The number of hydrogen-bond donors (Lipinski definition) is 0. The van der Waals surface area contributed by atoms with Gasteiger partial charge in [-0.15, -0.1) is 0 Å². The second kappa shape index (κ2) is 4.78. The largest absolute Gasteiger partial charge is 0.354 e. The maximum absolute atomic E-state index is 4.54. The number of halogens is 1. The van der Waals surface area contributed by atoms with Crippen LogP contribution in [0.4, 0.5) is 5.82 Å². The molecule has 0 N–H and O–H groups in total. The van der Waals surface area contributed by atoms with E-state index < -0.39 is 0 Å². The molecule has 2 heterocycles.